The first kappa shape index (κ1) is 14.8. The molecule has 1 fully saturated rings. The van der Waals surface area contributed by atoms with Gasteiger partial charge in [0.2, 0.25) is 5.88 Å². The molecular weight excluding hydrogens is 282 g/mol. The summed E-state index contributed by atoms with van der Waals surface area (Å²) < 4.78 is 10.8. The number of nitrogens with zero attached hydrogens (tertiary/aromatic N) is 3. The summed E-state index contributed by atoms with van der Waals surface area (Å²) in [6.07, 6.45) is 0.583. The van der Waals surface area contributed by atoms with Crippen molar-refractivity contribution in [3.8, 4) is 5.88 Å². The van der Waals surface area contributed by atoms with Crippen molar-refractivity contribution in [2.45, 2.75) is 38.8 Å². The summed E-state index contributed by atoms with van der Waals surface area (Å²) >= 11 is 5.64. The molecule has 20 heavy (non-hydrogen) atoms. The average Bonchev–Trinajstić information content (AvgIpc) is 2.27. The SMILES string of the molecule is CC(C)(C)OC(=O)N1CCC1COc1ccc(Cl)nn1. The van der Waals surface area contributed by atoms with Crippen LogP contribution in [0, 0.1) is 0 Å². The van der Waals surface area contributed by atoms with Crippen LogP contribution in [0.25, 0.3) is 0 Å². The molecule has 0 aromatic carbocycles. The van der Waals surface area contributed by atoms with Crippen molar-refractivity contribution < 1.29 is 14.3 Å². The molecule has 0 spiro atoms. The van der Waals surface area contributed by atoms with Crippen molar-refractivity contribution in [2.75, 3.05) is 13.2 Å². The molecule has 0 aliphatic carbocycles. The van der Waals surface area contributed by atoms with Gasteiger partial charge in [-0.05, 0) is 33.3 Å². The van der Waals surface area contributed by atoms with Crippen LogP contribution >= 0.6 is 11.6 Å². The average molecular weight is 300 g/mol. The first-order valence-electron chi connectivity index (χ1n) is 6.47. The number of likely N-dealkylation sites (tertiary alicyclic amines) is 1. The number of ether oxygens (including phenoxy) is 2. The molecule has 0 radical (unpaired) electrons. The van der Waals surface area contributed by atoms with Crippen LogP contribution in [0.2, 0.25) is 5.15 Å². The maximum Gasteiger partial charge on any atom is 0.410 e. The molecular formula is C13H18ClN3O3. The Morgan fingerprint density at radius 2 is 2.20 bits per heavy atom. The zero-order valence-corrected chi connectivity index (χ0v) is 12.6. The molecule has 1 aromatic heterocycles. The van der Waals surface area contributed by atoms with E-state index in [0.717, 1.165) is 6.42 Å². The summed E-state index contributed by atoms with van der Waals surface area (Å²) in [4.78, 5) is 13.6. The molecule has 1 unspecified atom stereocenters. The smallest absolute Gasteiger partial charge is 0.410 e. The first-order chi connectivity index (χ1) is 9.35. The molecule has 110 valence electrons. The Morgan fingerprint density at radius 3 is 2.70 bits per heavy atom. The van der Waals surface area contributed by atoms with Gasteiger partial charge in [0.05, 0.1) is 6.04 Å². The highest BCUT2D eigenvalue weighted by molar-refractivity contribution is 6.29. The minimum atomic E-state index is -0.486. The summed E-state index contributed by atoms with van der Waals surface area (Å²) in [7, 11) is 0. The normalized spacial score (nSPS) is 18.4. The fraction of sp³-hybridized carbons (Fsp3) is 0.615. The molecule has 1 atom stereocenters. The third-order valence-corrected chi connectivity index (χ3v) is 3.00. The standard InChI is InChI=1S/C13H18ClN3O3/c1-13(2,3)20-12(18)17-7-6-9(17)8-19-11-5-4-10(14)15-16-11/h4-5,9H,6-8H2,1-3H3. The van der Waals surface area contributed by atoms with Crippen LogP contribution in [0.5, 0.6) is 5.88 Å². The van der Waals surface area contributed by atoms with Gasteiger partial charge < -0.3 is 14.4 Å². The molecule has 0 N–H and O–H groups in total. The van der Waals surface area contributed by atoms with Gasteiger partial charge in [0.25, 0.3) is 0 Å². The summed E-state index contributed by atoms with van der Waals surface area (Å²) in [5.74, 6) is 0.394. The molecule has 1 saturated heterocycles. The van der Waals surface area contributed by atoms with Crippen LogP contribution in [0.3, 0.4) is 0 Å². The Morgan fingerprint density at radius 1 is 1.45 bits per heavy atom. The first-order valence-corrected chi connectivity index (χ1v) is 6.84. The third kappa shape index (κ3) is 3.96. The van der Waals surface area contributed by atoms with Crippen molar-refractivity contribution in [1.29, 1.82) is 0 Å². The van der Waals surface area contributed by atoms with E-state index in [1.54, 1.807) is 17.0 Å². The Labute approximate surface area is 123 Å². The molecule has 1 amide bonds. The molecule has 6 nitrogen and oxygen atoms in total. The van der Waals surface area contributed by atoms with E-state index in [9.17, 15) is 4.79 Å². The van der Waals surface area contributed by atoms with Crippen molar-refractivity contribution in [2.24, 2.45) is 0 Å². The molecule has 2 rings (SSSR count). The second kappa shape index (κ2) is 5.83. The lowest BCUT2D eigenvalue weighted by molar-refractivity contribution is -0.0145. The van der Waals surface area contributed by atoms with Gasteiger partial charge >= 0.3 is 6.09 Å². The predicted molar refractivity (Wildman–Crippen MR) is 73.9 cm³/mol. The van der Waals surface area contributed by atoms with E-state index >= 15 is 0 Å². The van der Waals surface area contributed by atoms with Gasteiger partial charge in [0.1, 0.15) is 12.2 Å². The lowest BCUT2D eigenvalue weighted by atomic mass is 10.1. The summed E-state index contributed by atoms with van der Waals surface area (Å²) in [6, 6.07) is 3.27. The predicted octanol–water partition coefficient (Wildman–Crippen LogP) is 2.52. The van der Waals surface area contributed by atoms with Crippen molar-refractivity contribution in [3.05, 3.63) is 17.3 Å². The van der Waals surface area contributed by atoms with Gasteiger partial charge in [-0.15, -0.1) is 10.2 Å². The number of hydrogen-bond donors (Lipinski definition) is 0. The Bertz CT molecular complexity index is 473. The van der Waals surface area contributed by atoms with Crippen molar-refractivity contribution in [3.63, 3.8) is 0 Å². The van der Waals surface area contributed by atoms with E-state index in [2.05, 4.69) is 10.2 Å². The Hall–Kier alpha value is -1.56. The number of hydrogen-bond acceptors (Lipinski definition) is 5. The molecule has 1 aliphatic heterocycles. The molecule has 0 bridgehead atoms. The molecule has 1 aliphatic rings. The maximum atomic E-state index is 11.9. The van der Waals surface area contributed by atoms with E-state index in [1.807, 2.05) is 20.8 Å². The third-order valence-electron chi connectivity index (χ3n) is 2.80. The topological polar surface area (TPSA) is 64.5 Å². The zero-order valence-electron chi connectivity index (χ0n) is 11.8. The fourth-order valence-corrected chi connectivity index (χ4v) is 1.84. The van der Waals surface area contributed by atoms with Gasteiger partial charge in [0.15, 0.2) is 5.15 Å². The fourth-order valence-electron chi connectivity index (χ4n) is 1.74. The monoisotopic (exact) mass is 299 g/mol. The van der Waals surface area contributed by atoms with Gasteiger partial charge in [-0.1, -0.05) is 11.6 Å². The summed E-state index contributed by atoms with van der Waals surface area (Å²) in [5.41, 5.74) is -0.486. The lowest BCUT2D eigenvalue weighted by Crippen LogP contribution is -2.55. The van der Waals surface area contributed by atoms with E-state index in [0.29, 0.717) is 24.2 Å². The van der Waals surface area contributed by atoms with E-state index in [4.69, 9.17) is 21.1 Å². The van der Waals surface area contributed by atoms with Gasteiger partial charge in [-0.25, -0.2) is 4.79 Å². The number of carbonyl (C=O) groups is 1. The number of rotatable bonds is 3. The van der Waals surface area contributed by atoms with Crippen molar-refractivity contribution in [1.82, 2.24) is 15.1 Å². The highest BCUT2D eigenvalue weighted by Gasteiger charge is 2.35. The highest BCUT2D eigenvalue weighted by atomic mass is 35.5. The second-order valence-corrected chi connectivity index (χ2v) is 6.01. The summed E-state index contributed by atoms with van der Waals surface area (Å²) in [5, 5.41) is 7.80. The zero-order chi connectivity index (χ0) is 14.8. The van der Waals surface area contributed by atoms with E-state index in [-0.39, 0.29) is 12.1 Å². The minimum Gasteiger partial charge on any atom is -0.474 e. The van der Waals surface area contributed by atoms with Crippen LogP contribution in [-0.4, -0.2) is 46.0 Å². The Kier molecular flexibility index (Phi) is 4.32. The molecule has 0 saturated carbocycles. The molecule has 1 aromatic rings. The van der Waals surface area contributed by atoms with Crippen LogP contribution in [0.1, 0.15) is 27.2 Å². The molecule has 7 heteroatoms. The highest BCUT2D eigenvalue weighted by Crippen LogP contribution is 2.22. The number of aromatic nitrogens is 2. The van der Waals surface area contributed by atoms with E-state index < -0.39 is 5.60 Å². The lowest BCUT2D eigenvalue weighted by Gasteiger charge is -2.40. The van der Waals surface area contributed by atoms with Gasteiger partial charge in [-0.3, -0.25) is 0 Å². The molecule has 2 heterocycles. The van der Waals surface area contributed by atoms with Crippen molar-refractivity contribution >= 4 is 17.7 Å². The van der Waals surface area contributed by atoms with Gasteiger partial charge in [0, 0.05) is 12.6 Å². The van der Waals surface area contributed by atoms with E-state index in [1.165, 1.54) is 0 Å². The summed E-state index contributed by atoms with van der Waals surface area (Å²) in [6.45, 7) is 6.60. The second-order valence-electron chi connectivity index (χ2n) is 5.62. The minimum absolute atomic E-state index is 0.0160. The number of halogens is 1. The Balaban J connectivity index is 1.82. The van der Waals surface area contributed by atoms with Crippen LogP contribution < -0.4 is 4.74 Å². The van der Waals surface area contributed by atoms with Crippen LogP contribution in [0.4, 0.5) is 4.79 Å². The largest absolute Gasteiger partial charge is 0.474 e. The van der Waals surface area contributed by atoms with Gasteiger partial charge in [-0.2, -0.15) is 0 Å². The number of amides is 1. The van der Waals surface area contributed by atoms with Crippen LogP contribution in [0.15, 0.2) is 12.1 Å². The maximum absolute atomic E-state index is 11.9. The number of carbonyl (C=O) groups excluding carboxylic acids is 1. The quantitative estimate of drug-likeness (QED) is 0.858. The van der Waals surface area contributed by atoms with Crippen LogP contribution in [-0.2, 0) is 4.74 Å².